The van der Waals surface area contributed by atoms with Gasteiger partial charge in [0, 0.05) is 17.3 Å². The van der Waals surface area contributed by atoms with Crippen LogP contribution in [0.4, 0.5) is 0 Å². The molecule has 0 amide bonds. The molecule has 16 heavy (non-hydrogen) atoms. The van der Waals surface area contributed by atoms with Crippen LogP contribution in [0.15, 0.2) is 27.1 Å². The molecule has 2 heterocycles. The predicted molar refractivity (Wildman–Crippen MR) is 64.0 cm³/mol. The topological polar surface area (TPSA) is 88.5 Å². The molecule has 0 saturated heterocycles. The lowest BCUT2D eigenvalue weighted by Crippen LogP contribution is -2.13. The third kappa shape index (κ3) is 2.56. The van der Waals surface area contributed by atoms with Crippen molar-refractivity contribution in [2.75, 3.05) is 0 Å². The highest BCUT2D eigenvalue weighted by atomic mass is 32.2. The third-order valence-electron chi connectivity index (χ3n) is 1.69. The fraction of sp³-hybridized carbons (Fsp3) is 0.111. The van der Waals surface area contributed by atoms with Gasteiger partial charge >= 0.3 is 0 Å². The maximum Gasteiger partial charge on any atom is 0.195 e. The van der Waals surface area contributed by atoms with Crippen molar-refractivity contribution in [3.05, 3.63) is 29.0 Å². The van der Waals surface area contributed by atoms with Gasteiger partial charge in [0.1, 0.15) is 11.5 Å². The summed E-state index contributed by atoms with van der Waals surface area (Å²) in [6.45, 7) is 1.94. The number of hydrogen-bond donors (Lipinski definition) is 2. The van der Waals surface area contributed by atoms with E-state index < -0.39 is 0 Å². The molecule has 2 aromatic heterocycles. The molecule has 5 nitrogen and oxygen atoms in total. The first-order valence-corrected chi connectivity index (χ1v) is 6.12. The lowest BCUT2D eigenvalue weighted by Gasteiger charge is -1.99. The van der Waals surface area contributed by atoms with Crippen LogP contribution in [0.1, 0.15) is 11.4 Å². The number of aryl methyl sites for hydroxylation is 1. The van der Waals surface area contributed by atoms with E-state index in [9.17, 15) is 0 Å². The summed E-state index contributed by atoms with van der Waals surface area (Å²) in [4.78, 5) is 12.5. The first-order valence-electron chi connectivity index (χ1n) is 4.42. The van der Waals surface area contributed by atoms with Crippen molar-refractivity contribution >= 4 is 28.9 Å². The summed E-state index contributed by atoms with van der Waals surface area (Å²) in [5, 5.41) is 9.81. The normalized spacial score (nSPS) is 10.3. The Bertz CT molecular complexity index is 522. The van der Waals surface area contributed by atoms with E-state index in [1.54, 1.807) is 23.6 Å². The van der Waals surface area contributed by atoms with E-state index in [4.69, 9.17) is 11.1 Å². The summed E-state index contributed by atoms with van der Waals surface area (Å²) in [5.41, 5.74) is 6.77. The number of hydrogen-bond acceptors (Lipinski definition) is 6. The summed E-state index contributed by atoms with van der Waals surface area (Å²) in [5.74, 6) is -0.0560. The number of nitrogens with one attached hydrogen (secondary N) is 1. The van der Waals surface area contributed by atoms with Gasteiger partial charge in [0.15, 0.2) is 9.50 Å². The van der Waals surface area contributed by atoms with Gasteiger partial charge in [-0.05, 0) is 24.8 Å². The standard InChI is InChI=1S/C9H9N5S2/c1-5-4-15-9(13-5)16-8-12-3-2-6(14-8)7(10)11/h2-4H,1H3,(H3,10,11). The molecule has 0 aliphatic carbocycles. The van der Waals surface area contributed by atoms with Gasteiger partial charge in [-0.25, -0.2) is 15.0 Å². The van der Waals surface area contributed by atoms with Crippen LogP contribution in [0.5, 0.6) is 0 Å². The molecule has 0 radical (unpaired) electrons. The number of nitrogen functional groups attached to an aromatic ring is 1. The first kappa shape index (κ1) is 11.0. The van der Waals surface area contributed by atoms with Gasteiger partial charge in [0.25, 0.3) is 0 Å². The van der Waals surface area contributed by atoms with Crippen molar-refractivity contribution in [3.63, 3.8) is 0 Å². The van der Waals surface area contributed by atoms with Crippen LogP contribution in [0.3, 0.4) is 0 Å². The van der Waals surface area contributed by atoms with Crippen molar-refractivity contribution in [2.24, 2.45) is 5.73 Å². The first-order chi connectivity index (χ1) is 7.65. The molecule has 2 aromatic rings. The molecular formula is C9H9N5S2. The van der Waals surface area contributed by atoms with Crippen LogP contribution < -0.4 is 5.73 Å². The van der Waals surface area contributed by atoms with Crippen LogP contribution in [-0.2, 0) is 0 Å². The highest BCUT2D eigenvalue weighted by molar-refractivity contribution is 8.00. The van der Waals surface area contributed by atoms with Gasteiger partial charge in [-0.2, -0.15) is 0 Å². The quantitative estimate of drug-likeness (QED) is 0.492. The van der Waals surface area contributed by atoms with Crippen LogP contribution >= 0.6 is 23.1 Å². The molecule has 0 unspecified atom stereocenters. The Kier molecular flexibility index (Phi) is 3.16. The fourth-order valence-corrected chi connectivity index (χ4v) is 2.68. The van der Waals surface area contributed by atoms with E-state index in [-0.39, 0.29) is 5.84 Å². The molecule has 7 heteroatoms. The van der Waals surface area contributed by atoms with E-state index in [1.807, 2.05) is 12.3 Å². The minimum Gasteiger partial charge on any atom is -0.382 e. The summed E-state index contributed by atoms with van der Waals surface area (Å²) in [6.07, 6.45) is 1.59. The highest BCUT2D eigenvalue weighted by Crippen LogP contribution is 2.27. The molecule has 2 rings (SSSR count). The lowest BCUT2D eigenvalue weighted by atomic mass is 10.4. The Balaban J connectivity index is 2.21. The predicted octanol–water partition coefficient (Wildman–Crippen LogP) is 1.68. The van der Waals surface area contributed by atoms with Crippen molar-refractivity contribution in [2.45, 2.75) is 16.4 Å². The van der Waals surface area contributed by atoms with E-state index >= 15 is 0 Å². The number of amidine groups is 1. The Morgan fingerprint density at radius 3 is 2.94 bits per heavy atom. The molecule has 0 saturated carbocycles. The largest absolute Gasteiger partial charge is 0.382 e. The molecule has 3 N–H and O–H groups in total. The Labute approximate surface area is 101 Å². The maximum atomic E-state index is 7.28. The summed E-state index contributed by atoms with van der Waals surface area (Å²) >= 11 is 2.92. The van der Waals surface area contributed by atoms with Gasteiger partial charge in [0.2, 0.25) is 0 Å². The second kappa shape index (κ2) is 4.58. The van der Waals surface area contributed by atoms with E-state index in [1.165, 1.54) is 11.8 Å². The molecule has 0 atom stereocenters. The number of nitrogens with two attached hydrogens (primary N) is 1. The maximum absolute atomic E-state index is 7.28. The average Bonchev–Trinajstić information content (AvgIpc) is 2.64. The van der Waals surface area contributed by atoms with Gasteiger partial charge in [-0.1, -0.05) is 0 Å². The molecular weight excluding hydrogens is 242 g/mol. The Morgan fingerprint density at radius 1 is 1.50 bits per heavy atom. The van der Waals surface area contributed by atoms with Gasteiger partial charge < -0.3 is 5.73 Å². The second-order valence-electron chi connectivity index (χ2n) is 2.99. The zero-order valence-electron chi connectivity index (χ0n) is 8.47. The van der Waals surface area contributed by atoms with E-state index in [0.29, 0.717) is 10.9 Å². The zero-order valence-corrected chi connectivity index (χ0v) is 10.1. The average molecular weight is 251 g/mol. The van der Waals surface area contributed by atoms with Gasteiger partial charge in [-0.15, -0.1) is 11.3 Å². The van der Waals surface area contributed by atoms with Crippen LogP contribution in [0.25, 0.3) is 0 Å². The molecule has 0 fully saturated rings. The fourth-order valence-electron chi connectivity index (χ4n) is 0.997. The number of nitrogens with zero attached hydrogens (tertiary/aromatic N) is 3. The smallest absolute Gasteiger partial charge is 0.195 e. The Morgan fingerprint density at radius 2 is 2.31 bits per heavy atom. The molecule has 0 aliphatic heterocycles. The minimum absolute atomic E-state index is 0.0560. The zero-order chi connectivity index (χ0) is 11.5. The molecule has 0 spiro atoms. The minimum atomic E-state index is -0.0560. The van der Waals surface area contributed by atoms with Gasteiger partial charge in [-0.3, -0.25) is 5.41 Å². The lowest BCUT2D eigenvalue weighted by molar-refractivity contribution is 0.951. The van der Waals surface area contributed by atoms with Crippen LogP contribution in [-0.4, -0.2) is 20.8 Å². The van der Waals surface area contributed by atoms with E-state index in [0.717, 1.165) is 10.0 Å². The molecule has 82 valence electrons. The monoisotopic (exact) mass is 251 g/mol. The van der Waals surface area contributed by atoms with Crippen molar-refractivity contribution < 1.29 is 0 Å². The third-order valence-corrected chi connectivity index (χ3v) is 3.62. The Hall–Kier alpha value is -1.47. The van der Waals surface area contributed by atoms with Crippen molar-refractivity contribution in [1.29, 1.82) is 5.41 Å². The number of rotatable bonds is 3. The summed E-state index contributed by atoms with van der Waals surface area (Å²) in [7, 11) is 0. The molecule has 0 aliphatic rings. The number of aromatic nitrogens is 3. The second-order valence-corrected chi connectivity index (χ2v) is 5.07. The van der Waals surface area contributed by atoms with Crippen LogP contribution in [0.2, 0.25) is 0 Å². The van der Waals surface area contributed by atoms with Crippen molar-refractivity contribution in [3.8, 4) is 0 Å². The van der Waals surface area contributed by atoms with Gasteiger partial charge in [0.05, 0.1) is 0 Å². The molecule has 0 aromatic carbocycles. The van der Waals surface area contributed by atoms with Crippen molar-refractivity contribution in [1.82, 2.24) is 15.0 Å². The summed E-state index contributed by atoms with van der Waals surface area (Å²) in [6, 6.07) is 1.61. The van der Waals surface area contributed by atoms with Crippen LogP contribution in [0, 0.1) is 12.3 Å². The highest BCUT2D eigenvalue weighted by Gasteiger charge is 2.06. The summed E-state index contributed by atoms with van der Waals surface area (Å²) < 4.78 is 0.887. The van der Waals surface area contributed by atoms with E-state index in [2.05, 4.69) is 15.0 Å². The SMILES string of the molecule is Cc1csc(Sc2nccc(C(=N)N)n2)n1. The molecule has 0 bridgehead atoms. The number of thiazole rings is 1.